The Bertz CT molecular complexity index is 683. The first-order valence-electron chi connectivity index (χ1n) is 7.90. The average molecular weight is 348 g/mol. The highest BCUT2D eigenvalue weighted by atomic mass is 32.2. The van der Waals surface area contributed by atoms with E-state index in [0.717, 1.165) is 36.1 Å². The van der Waals surface area contributed by atoms with Crippen LogP contribution in [0.3, 0.4) is 0 Å². The summed E-state index contributed by atoms with van der Waals surface area (Å²) in [6.07, 6.45) is 1.72. The number of morpholine rings is 1. The van der Waals surface area contributed by atoms with Crippen LogP contribution in [0.15, 0.2) is 23.1 Å². The van der Waals surface area contributed by atoms with Gasteiger partial charge in [0, 0.05) is 37.0 Å². The number of likely N-dealkylation sites (N-methyl/N-ethyl adjacent to an activating group) is 1. The van der Waals surface area contributed by atoms with Gasteiger partial charge < -0.3 is 14.4 Å². The lowest BCUT2D eigenvalue weighted by Crippen LogP contribution is -2.36. The second kappa shape index (κ2) is 7.27. The molecule has 0 atom stereocenters. The van der Waals surface area contributed by atoms with Crippen molar-refractivity contribution < 1.29 is 19.1 Å². The van der Waals surface area contributed by atoms with Gasteiger partial charge in [-0.3, -0.25) is 14.5 Å². The maximum Gasteiger partial charge on any atom is 0.293 e. The number of carbonyl (C=O) groups is 2. The van der Waals surface area contributed by atoms with Crippen molar-refractivity contribution in [3.05, 3.63) is 28.7 Å². The molecule has 0 saturated carbocycles. The fraction of sp³-hybridized carbons (Fsp3) is 0.412. The molecule has 0 unspecified atom stereocenters. The molecule has 0 spiro atoms. The van der Waals surface area contributed by atoms with Gasteiger partial charge in [-0.25, -0.2) is 0 Å². The molecule has 0 bridgehead atoms. The molecule has 0 aromatic heterocycles. The molecule has 2 saturated heterocycles. The molecule has 24 heavy (non-hydrogen) atoms. The van der Waals surface area contributed by atoms with Crippen molar-refractivity contribution in [2.45, 2.75) is 6.92 Å². The first-order chi connectivity index (χ1) is 11.6. The summed E-state index contributed by atoms with van der Waals surface area (Å²) in [7, 11) is 1.60. The van der Waals surface area contributed by atoms with Crippen LogP contribution in [0.4, 0.5) is 10.5 Å². The van der Waals surface area contributed by atoms with Gasteiger partial charge in [0.15, 0.2) is 0 Å². The van der Waals surface area contributed by atoms with E-state index in [-0.39, 0.29) is 11.1 Å². The van der Waals surface area contributed by atoms with Gasteiger partial charge in [0.1, 0.15) is 5.75 Å². The predicted molar refractivity (Wildman–Crippen MR) is 94.4 cm³/mol. The molecule has 0 aliphatic carbocycles. The van der Waals surface area contributed by atoms with E-state index in [1.165, 1.54) is 4.90 Å². The van der Waals surface area contributed by atoms with Gasteiger partial charge in [0.05, 0.1) is 25.2 Å². The smallest absolute Gasteiger partial charge is 0.293 e. The minimum atomic E-state index is -0.244. The number of methoxy groups -OCH3 is 1. The molecule has 2 amide bonds. The van der Waals surface area contributed by atoms with Crippen molar-refractivity contribution >= 4 is 34.7 Å². The van der Waals surface area contributed by atoms with Crippen molar-refractivity contribution in [1.82, 2.24) is 4.90 Å². The third-order valence-electron chi connectivity index (χ3n) is 4.07. The Labute approximate surface area is 145 Å². The van der Waals surface area contributed by atoms with Gasteiger partial charge in [-0.15, -0.1) is 0 Å². The van der Waals surface area contributed by atoms with E-state index in [9.17, 15) is 9.59 Å². The Morgan fingerprint density at radius 1 is 1.29 bits per heavy atom. The minimum Gasteiger partial charge on any atom is -0.496 e. The van der Waals surface area contributed by atoms with Crippen LogP contribution in [0.1, 0.15) is 12.5 Å². The average Bonchev–Trinajstić information content (AvgIpc) is 2.89. The highest BCUT2D eigenvalue weighted by Crippen LogP contribution is 2.35. The number of carbonyl (C=O) groups excluding carboxylic acids is 2. The molecule has 1 aromatic carbocycles. The maximum atomic E-state index is 12.2. The van der Waals surface area contributed by atoms with Crippen LogP contribution in [-0.4, -0.2) is 56.0 Å². The van der Waals surface area contributed by atoms with Crippen molar-refractivity contribution in [3.63, 3.8) is 0 Å². The van der Waals surface area contributed by atoms with Crippen LogP contribution < -0.4 is 9.64 Å². The van der Waals surface area contributed by atoms with Crippen molar-refractivity contribution in [3.8, 4) is 5.75 Å². The summed E-state index contributed by atoms with van der Waals surface area (Å²) in [6.45, 7) is 5.30. The SMILES string of the molecule is CCN1C(=O)S/C(=C\c2ccc(N3CCOCC3)cc2OC)C1=O. The van der Waals surface area contributed by atoms with Gasteiger partial charge in [-0.2, -0.15) is 0 Å². The molecule has 1 aromatic rings. The van der Waals surface area contributed by atoms with Crippen LogP contribution >= 0.6 is 11.8 Å². The van der Waals surface area contributed by atoms with Gasteiger partial charge in [0.2, 0.25) is 0 Å². The zero-order chi connectivity index (χ0) is 17.1. The Balaban J connectivity index is 1.87. The van der Waals surface area contributed by atoms with Crippen LogP contribution in [-0.2, 0) is 9.53 Å². The number of rotatable bonds is 4. The first kappa shape index (κ1) is 16.9. The van der Waals surface area contributed by atoms with Crippen molar-refractivity contribution in [2.75, 3.05) is 44.9 Å². The molecular formula is C17H20N2O4S. The van der Waals surface area contributed by atoms with E-state index in [1.54, 1.807) is 20.1 Å². The Morgan fingerprint density at radius 3 is 2.67 bits per heavy atom. The number of anilines is 1. The largest absolute Gasteiger partial charge is 0.496 e. The standard InChI is InChI=1S/C17H20N2O4S/c1-3-19-16(20)15(24-17(19)21)10-12-4-5-13(11-14(12)22-2)18-6-8-23-9-7-18/h4-5,10-11H,3,6-9H2,1-2H3/b15-10-. The molecule has 2 aliphatic heterocycles. The Hall–Kier alpha value is -1.99. The van der Waals surface area contributed by atoms with Crippen molar-refractivity contribution in [1.29, 1.82) is 0 Å². The normalized spacial score (nSPS) is 20.2. The van der Waals surface area contributed by atoms with Crippen LogP contribution in [0.5, 0.6) is 5.75 Å². The van der Waals surface area contributed by atoms with E-state index in [2.05, 4.69) is 4.90 Å². The lowest BCUT2D eigenvalue weighted by molar-refractivity contribution is -0.122. The van der Waals surface area contributed by atoms with Gasteiger partial charge in [-0.1, -0.05) is 0 Å². The lowest BCUT2D eigenvalue weighted by atomic mass is 10.1. The quantitative estimate of drug-likeness (QED) is 0.780. The van der Waals surface area contributed by atoms with Gasteiger partial charge in [-0.05, 0) is 36.9 Å². The monoisotopic (exact) mass is 348 g/mol. The van der Waals surface area contributed by atoms with Crippen LogP contribution in [0, 0.1) is 0 Å². The molecule has 2 heterocycles. The molecule has 2 fully saturated rings. The third-order valence-corrected chi connectivity index (χ3v) is 4.98. The molecule has 7 heteroatoms. The van der Waals surface area contributed by atoms with E-state index >= 15 is 0 Å². The minimum absolute atomic E-state index is 0.224. The molecule has 3 rings (SSSR count). The Kier molecular flexibility index (Phi) is 5.11. The number of benzene rings is 1. The van der Waals surface area contributed by atoms with Crippen LogP contribution in [0.2, 0.25) is 0 Å². The zero-order valence-corrected chi connectivity index (χ0v) is 14.6. The topological polar surface area (TPSA) is 59.1 Å². The van der Waals surface area contributed by atoms with Gasteiger partial charge in [0.25, 0.3) is 11.1 Å². The summed E-state index contributed by atoms with van der Waals surface area (Å²) in [5.74, 6) is 0.439. The summed E-state index contributed by atoms with van der Waals surface area (Å²) >= 11 is 0.969. The maximum absolute atomic E-state index is 12.2. The van der Waals surface area contributed by atoms with Crippen molar-refractivity contribution in [2.24, 2.45) is 0 Å². The molecule has 128 valence electrons. The summed E-state index contributed by atoms with van der Waals surface area (Å²) in [5, 5.41) is -0.224. The van der Waals surface area contributed by atoms with E-state index in [4.69, 9.17) is 9.47 Å². The number of nitrogens with zero attached hydrogens (tertiary/aromatic N) is 2. The van der Waals surface area contributed by atoms with E-state index in [0.29, 0.717) is 30.4 Å². The zero-order valence-electron chi connectivity index (χ0n) is 13.8. The Morgan fingerprint density at radius 2 is 2.04 bits per heavy atom. The molecule has 0 radical (unpaired) electrons. The van der Waals surface area contributed by atoms with E-state index in [1.807, 2.05) is 18.2 Å². The molecular weight excluding hydrogens is 328 g/mol. The van der Waals surface area contributed by atoms with E-state index < -0.39 is 0 Å². The third kappa shape index (κ3) is 3.27. The summed E-state index contributed by atoms with van der Waals surface area (Å²) in [6, 6.07) is 5.88. The molecule has 2 aliphatic rings. The summed E-state index contributed by atoms with van der Waals surface area (Å²) in [5.41, 5.74) is 1.85. The predicted octanol–water partition coefficient (Wildman–Crippen LogP) is 2.59. The number of hydrogen-bond acceptors (Lipinski definition) is 6. The summed E-state index contributed by atoms with van der Waals surface area (Å²) < 4.78 is 10.9. The van der Waals surface area contributed by atoms with Crippen LogP contribution in [0.25, 0.3) is 6.08 Å². The summed E-state index contributed by atoms with van der Waals surface area (Å²) in [4.78, 5) is 27.9. The lowest BCUT2D eigenvalue weighted by Gasteiger charge is -2.29. The fourth-order valence-electron chi connectivity index (χ4n) is 2.75. The number of ether oxygens (including phenoxy) is 2. The fourth-order valence-corrected chi connectivity index (χ4v) is 3.64. The number of hydrogen-bond donors (Lipinski definition) is 0. The number of thioether (sulfide) groups is 1. The molecule has 0 N–H and O–H groups in total. The highest BCUT2D eigenvalue weighted by Gasteiger charge is 2.33. The second-order valence-electron chi connectivity index (χ2n) is 5.45. The highest BCUT2D eigenvalue weighted by molar-refractivity contribution is 8.18. The number of amides is 2. The molecule has 6 nitrogen and oxygen atoms in total. The second-order valence-corrected chi connectivity index (χ2v) is 6.44. The number of imide groups is 1. The van der Waals surface area contributed by atoms with Gasteiger partial charge >= 0.3 is 0 Å². The first-order valence-corrected chi connectivity index (χ1v) is 8.71.